The van der Waals surface area contributed by atoms with Crippen LogP contribution in [0.3, 0.4) is 0 Å². The zero-order valence-electron chi connectivity index (χ0n) is 14.9. The van der Waals surface area contributed by atoms with Crippen LogP contribution in [0, 0.1) is 5.92 Å². The van der Waals surface area contributed by atoms with Gasteiger partial charge in [-0.15, -0.1) is 10.2 Å². The van der Waals surface area contributed by atoms with E-state index < -0.39 is 23.8 Å². The highest BCUT2D eigenvalue weighted by molar-refractivity contribution is 7.15. The van der Waals surface area contributed by atoms with Crippen molar-refractivity contribution >= 4 is 34.2 Å². The summed E-state index contributed by atoms with van der Waals surface area (Å²) in [5.41, 5.74) is 0.672. The molecule has 0 radical (unpaired) electrons. The van der Waals surface area contributed by atoms with Crippen LogP contribution in [-0.2, 0) is 11.2 Å². The Balaban J connectivity index is 1.90. The first-order chi connectivity index (χ1) is 12.5. The third kappa shape index (κ3) is 3.12. The fourth-order valence-corrected chi connectivity index (χ4v) is 3.62. The maximum atomic E-state index is 12.9. The number of carbonyl (C=O) groups excluding carboxylic acids is 3. The smallest absolute Gasteiger partial charge is 0.262 e. The predicted octanol–water partition coefficient (Wildman–Crippen LogP) is 2.75. The number of anilines is 1. The molecule has 26 heavy (non-hydrogen) atoms. The molecule has 0 aliphatic carbocycles. The lowest BCUT2D eigenvalue weighted by molar-refractivity contribution is -0.121. The lowest BCUT2D eigenvalue weighted by Gasteiger charge is -2.29. The quantitative estimate of drug-likeness (QED) is 0.787. The Kier molecular flexibility index (Phi) is 5.13. The van der Waals surface area contributed by atoms with Gasteiger partial charge in [-0.05, 0) is 24.5 Å². The van der Waals surface area contributed by atoms with Gasteiger partial charge in [-0.2, -0.15) is 0 Å². The van der Waals surface area contributed by atoms with E-state index in [1.54, 1.807) is 24.3 Å². The van der Waals surface area contributed by atoms with Gasteiger partial charge in [-0.1, -0.05) is 50.7 Å². The lowest BCUT2D eigenvalue weighted by atomic mass is 9.96. The van der Waals surface area contributed by atoms with Crippen molar-refractivity contribution in [1.82, 2.24) is 15.1 Å². The van der Waals surface area contributed by atoms with E-state index in [9.17, 15) is 14.4 Å². The van der Waals surface area contributed by atoms with Crippen LogP contribution in [0.1, 0.15) is 52.9 Å². The van der Waals surface area contributed by atoms with Gasteiger partial charge in [-0.3, -0.25) is 24.6 Å². The number of benzene rings is 1. The molecule has 0 saturated carbocycles. The molecule has 2 aromatic rings. The SMILES string of the molecule is CCc1nnc(NC(=O)[C@H]([C@@H](C)CC)N2C(=O)c3ccccc3C2=O)s1. The molecule has 8 heteroatoms. The summed E-state index contributed by atoms with van der Waals surface area (Å²) in [5.74, 6) is -1.49. The molecular formula is C18H20N4O3S. The van der Waals surface area contributed by atoms with Crippen LogP contribution in [0.15, 0.2) is 24.3 Å². The Bertz CT molecular complexity index is 829. The number of aromatic nitrogens is 2. The van der Waals surface area contributed by atoms with Crippen LogP contribution in [0.2, 0.25) is 0 Å². The van der Waals surface area contributed by atoms with Crippen LogP contribution in [0.5, 0.6) is 0 Å². The molecule has 7 nitrogen and oxygen atoms in total. The van der Waals surface area contributed by atoms with Crippen molar-refractivity contribution in [2.75, 3.05) is 5.32 Å². The van der Waals surface area contributed by atoms with Gasteiger partial charge in [0.1, 0.15) is 11.0 Å². The summed E-state index contributed by atoms with van der Waals surface area (Å²) < 4.78 is 0. The largest absolute Gasteiger partial charge is 0.299 e. The van der Waals surface area contributed by atoms with E-state index in [2.05, 4.69) is 15.5 Å². The molecule has 0 fully saturated rings. The first-order valence-corrected chi connectivity index (χ1v) is 9.39. The lowest BCUT2D eigenvalue weighted by Crippen LogP contribution is -2.50. The zero-order valence-corrected chi connectivity index (χ0v) is 15.7. The van der Waals surface area contributed by atoms with Crippen LogP contribution in [0.4, 0.5) is 5.13 Å². The van der Waals surface area contributed by atoms with E-state index in [-0.39, 0.29) is 5.92 Å². The van der Waals surface area contributed by atoms with Crippen molar-refractivity contribution in [3.05, 3.63) is 40.4 Å². The molecule has 136 valence electrons. The highest BCUT2D eigenvalue weighted by Crippen LogP contribution is 2.29. The van der Waals surface area contributed by atoms with E-state index in [1.165, 1.54) is 11.3 Å². The number of amides is 3. The number of rotatable bonds is 6. The van der Waals surface area contributed by atoms with Gasteiger partial charge in [0.05, 0.1) is 11.1 Å². The summed E-state index contributed by atoms with van der Waals surface area (Å²) in [6.07, 6.45) is 1.36. The Morgan fingerprint density at radius 3 is 2.27 bits per heavy atom. The van der Waals surface area contributed by atoms with E-state index in [1.807, 2.05) is 20.8 Å². The summed E-state index contributed by atoms with van der Waals surface area (Å²) >= 11 is 1.29. The molecule has 1 N–H and O–H groups in total. The number of nitrogens with one attached hydrogen (secondary N) is 1. The zero-order chi connectivity index (χ0) is 18.8. The van der Waals surface area contributed by atoms with Gasteiger partial charge in [0, 0.05) is 0 Å². The second-order valence-corrected chi connectivity index (χ2v) is 7.26. The van der Waals surface area contributed by atoms with Crippen molar-refractivity contribution in [2.45, 2.75) is 39.7 Å². The van der Waals surface area contributed by atoms with Gasteiger partial charge < -0.3 is 0 Å². The number of fused-ring (bicyclic) bond motifs is 1. The van der Waals surface area contributed by atoms with Gasteiger partial charge in [-0.25, -0.2) is 0 Å². The topological polar surface area (TPSA) is 92.3 Å². The maximum absolute atomic E-state index is 12.9. The van der Waals surface area contributed by atoms with E-state index in [0.29, 0.717) is 22.7 Å². The maximum Gasteiger partial charge on any atom is 0.262 e. The molecule has 0 unspecified atom stereocenters. The van der Waals surface area contributed by atoms with Crippen molar-refractivity contribution in [3.63, 3.8) is 0 Å². The molecule has 3 amide bonds. The number of hydrogen-bond donors (Lipinski definition) is 1. The number of nitrogens with zero attached hydrogens (tertiary/aromatic N) is 3. The summed E-state index contributed by atoms with van der Waals surface area (Å²) in [4.78, 5) is 39.6. The monoisotopic (exact) mass is 372 g/mol. The number of hydrogen-bond acceptors (Lipinski definition) is 6. The van der Waals surface area contributed by atoms with Gasteiger partial charge >= 0.3 is 0 Å². The van der Waals surface area contributed by atoms with Crippen LogP contribution in [-0.4, -0.2) is 38.9 Å². The molecule has 0 saturated heterocycles. The van der Waals surface area contributed by atoms with Gasteiger partial charge in [0.2, 0.25) is 11.0 Å². The number of carbonyl (C=O) groups is 3. The Hall–Kier alpha value is -2.61. The summed E-state index contributed by atoms with van der Waals surface area (Å²) in [5, 5.41) is 11.8. The normalized spacial score (nSPS) is 15.7. The highest BCUT2D eigenvalue weighted by Gasteiger charge is 2.44. The van der Waals surface area contributed by atoms with Gasteiger partial charge in [0.15, 0.2) is 0 Å². The molecular weight excluding hydrogens is 352 g/mol. The molecule has 1 aromatic heterocycles. The van der Waals surface area contributed by atoms with Crippen molar-refractivity contribution in [1.29, 1.82) is 0 Å². The molecule has 2 atom stereocenters. The summed E-state index contributed by atoms with van der Waals surface area (Å²) in [6.45, 7) is 5.72. The van der Waals surface area contributed by atoms with E-state index in [0.717, 1.165) is 16.3 Å². The third-order valence-corrected chi connectivity index (χ3v) is 5.54. The van der Waals surface area contributed by atoms with Crippen LogP contribution >= 0.6 is 11.3 Å². The van der Waals surface area contributed by atoms with Crippen molar-refractivity contribution in [3.8, 4) is 0 Å². The minimum atomic E-state index is -0.902. The minimum Gasteiger partial charge on any atom is -0.299 e. The van der Waals surface area contributed by atoms with Crippen molar-refractivity contribution < 1.29 is 14.4 Å². The molecule has 1 aliphatic rings. The Morgan fingerprint density at radius 1 is 1.15 bits per heavy atom. The van der Waals surface area contributed by atoms with E-state index >= 15 is 0 Å². The second-order valence-electron chi connectivity index (χ2n) is 6.20. The molecule has 2 heterocycles. The van der Waals surface area contributed by atoms with Gasteiger partial charge in [0.25, 0.3) is 11.8 Å². The van der Waals surface area contributed by atoms with Crippen LogP contribution < -0.4 is 5.32 Å². The third-order valence-electron chi connectivity index (χ3n) is 4.55. The predicted molar refractivity (Wildman–Crippen MR) is 98.1 cm³/mol. The second kappa shape index (κ2) is 7.33. The Morgan fingerprint density at radius 2 is 1.77 bits per heavy atom. The fourth-order valence-electron chi connectivity index (χ4n) is 2.94. The highest BCUT2D eigenvalue weighted by atomic mass is 32.1. The molecule has 3 rings (SSSR count). The van der Waals surface area contributed by atoms with E-state index in [4.69, 9.17) is 0 Å². The molecule has 0 bridgehead atoms. The average molecular weight is 372 g/mol. The van der Waals surface area contributed by atoms with Crippen LogP contribution in [0.25, 0.3) is 0 Å². The molecule has 1 aliphatic heterocycles. The minimum absolute atomic E-state index is 0.198. The molecule has 0 spiro atoms. The number of aryl methyl sites for hydroxylation is 1. The Labute approximate surface area is 155 Å². The summed E-state index contributed by atoms with van der Waals surface area (Å²) in [7, 11) is 0. The first-order valence-electron chi connectivity index (χ1n) is 8.58. The first kappa shape index (κ1) is 18.2. The number of imide groups is 1. The fraction of sp³-hybridized carbons (Fsp3) is 0.389. The van der Waals surface area contributed by atoms with Crippen molar-refractivity contribution in [2.24, 2.45) is 5.92 Å². The average Bonchev–Trinajstić information content (AvgIpc) is 3.20. The standard InChI is InChI=1S/C18H20N4O3S/c1-4-10(3)14(15(23)19-18-21-20-13(5-2)26-18)22-16(24)11-8-6-7-9-12(11)17(22)25/h6-10,14H,4-5H2,1-3H3,(H,19,21,23)/t10-,14-/m0/s1. The molecule has 1 aromatic carbocycles. The summed E-state index contributed by atoms with van der Waals surface area (Å²) in [6, 6.07) is 5.73.